The van der Waals surface area contributed by atoms with Crippen molar-refractivity contribution in [2.45, 2.75) is 37.3 Å². The SMILES string of the molecule is CO[C@@H]1C[C@@H](c2cc(-c3ccccn3)no2)N(c2ncc(Cl)c(Nc3cc(C4CC4)[nH]n3)n2)C1. The molecule has 1 aliphatic carbocycles. The number of H-pyrrole nitrogens is 1. The van der Waals surface area contributed by atoms with Gasteiger partial charge >= 0.3 is 0 Å². The Kier molecular flexibility index (Phi) is 5.39. The number of nitrogens with zero attached hydrogens (tertiary/aromatic N) is 6. The zero-order valence-corrected chi connectivity index (χ0v) is 19.2. The van der Waals surface area contributed by atoms with Gasteiger partial charge in [0.25, 0.3) is 0 Å². The summed E-state index contributed by atoms with van der Waals surface area (Å²) in [5.74, 6) is 2.97. The average Bonchev–Trinajstić information content (AvgIpc) is 3.25. The maximum absolute atomic E-state index is 6.41. The molecule has 4 aromatic rings. The number of hydrogen-bond donors (Lipinski definition) is 2. The Balaban J connectivity index is 1.28. The van der Waals surface area contributed by atoms with Crippen molar-refractivity contribution in [2.24, 2.45) is 0 Å². The van der Waals surface area contributed by atoms with Gasteiger partial charge in [0.05, 0.1) is 24.0 Å². The molecule has 0 spiro atoms. The van der Waals surface area contributed by atoms with E-state index in [1.807, 2.05) is 30.3 Å². The number of hydrogen-bond acceptors (Lipinski definition) is 9. The fraction of sp³-hybridized carbons (Fsp3) is 0.348. The summed E-state index contributed by atoms with van der Waals surface area (Å²) in [6.07, 6.45) is 6.43. The second-order valence-corrected chi connectivity index (χ2v) is 8.97. The molecule has 0 radical (unpaired) electrons. The van der Waals surface area contributed by atoms with Gasteiger partial charge in [0, 0.05) is 50.0 Å². The first-order valence-corrected chi connectivity index (χ1v) is 11.6. The van der Waals surface area contributed by atoms with Crippen LogP contribution < -0.4 is 10.2 Å². The molecule has 2 fully saturated rings. The molecule has 2 aliphatic rings. The van der Waals surface area contributed by atoms with E-state index in [0.29, 0.717) is 52.9 Å². The van der Waals surface area contributed by atoms with E-state index in [1.54, 1.807) is 19.5 Å². The predicted molar refractivity (Wildman–Crippen MR) is 126 cm³/mol. The van der Waals surface area contributed by atoms with Crippen LogP contribution in [0.2, 0.25) is 5.02 Å². The molecule has 0 bridgehead atoms. The second-order valence-electron chi connectivity index (χ2n) is 8.57. The van der Waals surface area contributed by atoms with E-state index in [2.05, 4.69) is 35.5 Å². The number of ether oxygens (including phenoxy) is 1. The van der Waals surface area contributed by atoms with Gasteiger partial charge in [-0.25, -0.2) is 4.98 Å². The largest absolute Gasteiger partial charge is 0.380 e. The molecule has 174 valence electrons. The van der Waals surface area contributed by atoms with Gasteiger partial charge in [0.15, 0.2) is 17.4 Å². The van der Waals surface area contributed by atoms with Crippen molar-refractivity contribution in [3.63, 3.8) is 0 Å². The van der Waals surface area contributed by atoms with Crippen LogP contribution in [0.3, 0.4) is 0 Å². The summed E-state index contributed by atoms with van der Waals surface area (Å²) >= 11 is 6.41. The summed E-state index contributed by atoms with van der Waals surface area (Å²) in [5.41, 5.74) is 2.56. The van der Waals surface area contributed by atoms with Gasteiger partial charge in [-0.05, 0) is 25.0 Å². The number of anilines is 3. The summed E-state index contributed by atoms with van der Waals surface area (Å²) in [7, 11) is 1.70. The van der Waals surface area contributed by atoms with Gasteiger partial charge in [-0.1, -0.05) is 22.8 Å². The van der Waals surface area contributed by atoms with E-state index >= 15 is 0 Å². The third-order valence-corrected chi connectivity index (χ3v) is 6.51. The fourth-order valence-corrected chi connectivity index (χ4v) is 4.39. The minimum absolute atomic E-state index is 0.00321. The highest BCUT2D eigenvalue weighted by molar-refractivity contribution is 6.32. The van der Waals surface area contributed by atoms with E-state index in [9.17, 15) is 0 Å². The molecular weight excluding hydrogens is 456 g/mol. The predicted octanol–water partition coefficient (Wildman–Crippen LogP) is 4.49. The van der Waals surface area contributed by atoms with Crippen molar-refractivity contribution in [3.8, 4) is 11.4 Å². The normalized spacial score (nSPS) is 20.1. The third kappa shape index (κ3) is 4.10. The number of aromatic amines is 1. The van der Waals surface area contributed by atoms with Crippen LogP contribution in [-0.4, -0.2) is 50.1 Å². The lowest BCUT2D eigenvalue weighted by Gasteiger charge is -2.22. The molecule has 4 aromatic heterocycles. The summed E-state index contributed by atoms with van der Waals surface area (Å²) < 4.78 is 11.4. The molecule has 0 aromatic carbocycles. The minimum atomic E-state index is -0.143. The Morgan fingerprint density at radius 1 is 1.21 bits per heavy atom. The number of halogens is 1. The number of methoxy groups -OCH3 is 1. The first-order chi connectivity index (χ1) is 16.7. The van der Waals surface area contributed by atoms with Gasteiger partial charge in [-0.15, -0.1) is 0 Å². The van der Waals surface area contributed by atoms with Crippen LogP contribution in [0.4, 0.5) is 17.6 Å². The van der Waals surface area contributed by atoms with Gasteiger partial charge in [0.1, 0.15) is 10.7 Å². The molecule has 0 amide bonds. The first-order valence-electron chi connectivity index (χ1n) is 11.2. The Hall–Kier alpha value is -3.50. The van der Waals surface area contributed by atoms with E-state index < -0.39 is 0 Å². The van der Waals surface area contributed by atoms with Crippen LogP contribution >= 0.6 is 11.6 Å². The van der Waals surface area contributed by atoms with Gasteiger partial charge in [0.2, 0.25) is 5.95 Å². The zero-order chi connectivity index (χ0) is 23.1. The summed E-state index contributed by atoms with van der Waals surface area (Å²) in [6.45, 7) is 0.607. The van der Waals surface area contributed by atoms with Gasteiger partial charge in [-0.2, -0.15) is 10.1 Å². The topological polar surface area (TPSA) is 118 Å². The summed E-state index contributed by atoms with van der Waals surface area (Å²) in [4.78, 5) is 15.6. The van der Waals surface area contributed by atoms with Crippen molar-refractivity contribution in [3.05, 3.63) is 59.2 Å². The van der Waals surface area contributed by atoms with Crippen LogP contribution in [0.5, 0.6) is 0 Å². The van der Waals surface area contributed by atoms with E-state index in [4.69, 9.17) is 25.8 Å². The van der Waals surface area contributed by atoms with Crippen LogP contribution in [0, 0.1) is 0 Å². The van der Waals surface area contributed by atoms with Crippen LogP contribution in [0.25, 0.3) is 11.4 Å². The summed E-state index contributed by atoms with van der Waals surface area (Å²) in [6, 6.07) is 9.46. The highest BCUT2D eigenvalue weighted by atomic mass is 35.5. The first kappa shape index (κ1) is 21.1. The number of pyridine rings is 1. The molecular formula is C23H23ClN8O2. The van der Waals surface area contributed by atoms with E-state index in [0.717, 1.165) is 11.4 Å². The van der Waals surface area contributed by atoms with Crippen molar-refractivity contribution < 1.29 is 9.26 Å². The zero-order valence-electron chi connectivity index (χ0n) is 18.5. The number of rotatable bonds is 7. The summed E-state index contributed by atoms with van der Waals surface area (Å²) in [5, 5.41) is 15.3. The highest BCUT2D eigenvalue weighted by Crippen LogP contribution is 2.40. The number of nitrogens with one attached hydrogen (secondary N) is 2. The van der Waals surface area contributed by atoms with E-state index in [1.165, 1.54) is 12.8 Å². The standard InChI is InChI=1S/C23H23ClN8O2/c1-33-14-8-19(20-9-18(31-34-20)16-4-2-3-7-25-16)32(12-14)23-26-11-15(24)22(28-23)27-21-10-17(29-30-21)13-5-6-13/h2-4,7,9-11,13-14,19H,5-6,8,12H2,1H3,(H2,26,27,28,29,30)/t14-,19+/m1/s1. The van der Waals surface area contributed by atoms with Crippen molar-refractivity contribution in [1.82, 2.24) is 30.3 Å². The Morgan fingerprint density at radius 3 is 2.91 bits per heavy atom. The molecule has 1 saturated carbocycles. The highest BCUT2D eigenvalue weighted by Gasteiger charge is 2.38. The maximum Gasteiger partial charge on any atom is 0.228 e. The molecule has 2 N–H and O–H groups in total. The molecule has 5 heterocycles. The van der Waals surface area contributed by atoms with Crippen molar-refractivity contribution >= 4 is 29.2 Å². The molecule has 0 unspecified atom stereocenters. The fourth-order valence-electron chi connectivity index (χ4n) is 4.25. The second kappa shape index (κ2) is 8.69. The minimum Gasteiger partial charge on any atom is -0.380 e. The monoisotopic (exact) mass is 478 g/mol. The Morgan fingerprint density at radius 2 is 2.12 bits per heavy atom. The van der Waals surface area contributed by atoms with Crippen molar-refractivity contribution in [1.29, 1.82) is 0 Å². The van der Waals surface area contributed by atoms with Gasteiger partial charge < -0.3 is 19.5 Å². The Bertz CT molecular complexity index is 1290. The molecule has 10 nitrogen and oxygen atoms in total. The van der Waals surface area contributed by atoms with Crippen LogP contribution in [0.1, 0.15) is 42.7 Å². The number of aromatic nitrogens is 6. The molecule has 34 heavy (non-hydrogen) atoms. The smallest absolute Gasteiger partial charge is 0.228 e. The Labute approximate surface area is 200 Å². The lowest BCUT2D eigenvalue weighted by molar-refractivity contribution is 0.117. The van der Waals surface area contributed by atoms with Gasteiger partial charge in [-0.3, -0.25) is 10.1 Å². The molecule has 6 rings (SSSR count). The molecule has 1 aliphatic heterocycles. The average molecular weight is 479 g/mol. The molecule has 11 heteroatoms. The molecule has 1 saturated heterocycles. The lowest BCUT2D eigenvalue weighted by Crippen LogP contribution is -2.26. The molecule has 2 atom stereocenters. The van der Waals surface area contributed by atoms with E-state index in [-0.39, 0.29) is 12.1 Å². The van der Waals surface area contributed by atoms with Crippen LogP contribution in [0.15, 0.2) is 47.2 Å². The van der Waals surface area contributed by atoms with Crippen molar-refractivity contribution in [2.75, 3.05) is 23.9 Å². The maximum atomic E-state index is 6.41. The quantitative estimate of drug-likeness (QED) is 0.396. The lowest BCUT2D eigenvalue weighted by atomic mass is 10.1. The van der Waals surface area contributed by atoms with Crippen LogP contribution in [-0.2, 0) is 4.74 Å². The third-order valence-electron chi connectivity index (χ3n) is 6.23.